The average Bonchev–Trinajstić information content (AvgIpc) is 3.37. The maximum Gasteiger partial charge on any atom is 0.306 e. The van der Waals surface area contributed by atoms with E-state index in [1.165, 1.54) is 161 Å². The lowest BCUT2D eigenvalue weighted by Gasteiger charge is -2.40. The van der Waals surface area contributed by atoms with E-state index < -0.39 is 0 Å². The van der Waals surface area contributed by atoms with Crippen LogP contribution in [0.1, 0.15) is 269 Å². The molecule has 2 aliphatic rings. The first kappa shape index (κ1) is 68.9. The van der Waals surface area contributed by atoms with Gasteiger partial charge in [0.1, 0.15) is 11.9 Å². The monoisotopic (exact) mass is 1050 g/mol. The highest BCUT2D eigenvalue weighted by molar-refractivity contribution is 5.81. The zero-order valence-electron chi connectivity index (χ0n) is 51.9. The Morgan fingerprint density at radius 1 is 0.545 bits per heavy atom. The van der Waals surface area contributed by atoms with Crippen LogP contribution in [-0.2, 0) is 14.3 Å². The van der Waals surface area contributed by atoms with Crippen molar-refractivity contribution < 1.29 is 14.3 Å². The molecule has 0 saturated heterocycles. The minimum absolute atomic E-state index is 0.00440. The Bertz CT molecular complexity index is 2090. The summed E-state index contributed by atoms with van der Waals surface area (Å²) in [5, 5.41) is 0. The van der Waals surface area contributed by atoms with Gasteiger partial charge >= 0.3 is 5.97 Å². The van der Waals surface area contributed by atoms with Crippen molar-refractivity contribution in [2.75, 3.05) is 0 Å². The summed E-state index contributed by atoms with van der Waals surface area (Å²) < 4.78 is 6.00. The summed E-state index contributed by atoms with van der Waals surface area (Å²) in [7, 11) is 0. The summed E-state index contributed by atoms with van der Waals surface area (Å²) in [5.74, 6) is 0.867. The van der Waals surface area contributed by atoms with Crippen LogP contribution in [0.2, 0.25) is 0 Å². The molecule has 0 radical (unpaired) electrons. The first-order valence-electron chi connectivity index (χ1n) is 31.5. The second-order valence-corrected chi connectivity index (χ2v) is 24.7. The highest BCUT2D eigenvalue weighted by Crippen LogP contribution is 2.45. The molecular weight excluding hydrogens is 937 g/mol. The third kappa shape index (κ3) is 33.1. The van der Waals surface area contributed by atoms with Gasteiger partial charge in [-0.25, -0.2) is 0 Å². The molecule has 0 heterocycles. The lowest BCUT2D eigenvalue weighted by atomic mass is 9.67. The fourth-order valence-electron chi connectivity index (χ4n) is 11.3. The number of rotatable bonds is 40. The van der Waals surface area contributed by atoms with Crippen molar-refractivity contribution in [1.29, 1.82) is 0 Å². The number of ketones is 1. The van der Waals surface area contributed by atoms with E-state index in [0.29, 0.717) is 18.1 Å². The van der Waals surface area contributed by atoms with Gasteiger partial charge < -0.3 is 4.74 Å². The number of hydrogen-bond acceptors (Lipinski definition) is 3. The molecule has 2 aliphatic carbocycles. The van der Waals surface area contributed by atoms with Crippen molar-refractivity contribution in [2.45, 2.75) is 275 Å². The van der Waals surface area contributed by atoms with E-state index in [-0.39, 0.29) is 28.8 Å². The zero-order chi connectivity index (χ0) is 56.6. The maximum atomic E-state index is 13.3. The van der Waals surface area contributed by atoms with Gasteiger partial charge in [-0.3, -0.25) is 9.59 Å². The van der Waals surface area contributed by atoms with Crippen molar-refractivity contribution in [3.63, 3.8) is 0 Å². The minimum atomic E-state index is -0.142. The van der Waals surface area contributed by atoms with E-state index in [1.54, 1.807) is 0 Å². The molecule has 0 N–H and O–H groups in total. The van der Waals surface area contributed by atoms with E-state index in [9.17, 15) is 9.59 Å². The quantitative estimate of drug-likeness (QED) is 0.0266. The van der Waals surface area contributed by atoms with E-state index in [2.05, 4.69) is 199 Å². The number of esters is 1. The van der Waals surface area contributed by atoms with Crippen LogP contribution in [-0.4, -0.2) is 17.9 Å². The highest BCUT2D eigenvalue weighted by atomic mass is 16.5. The molecule has 0 unspecified atom stereocenters. The average molecular weight is 1050 g/mol. The van der Waals surface area contributed by atoms with Gasteiger partial charge in [-0.05, 0) is 128 Å². The lowest BCUT2D eigenvalue weighted by Crippen LogP contribution is -2.34. The number of allylic oxidation sites excluding steroid dienone is 25. The molecule has 3 heteroatoms. The fourth-order valence-corrected chi connectivity index (χ4v) is 11.3. The summed E-state index contributed by atoms with van der Waals surface area (Å²) in [6, 6.07) is 0. The van der Waals surface area contributed by atoms with Gasteiger partial charge in [0.05, 0.1) is 0 Å². The SMILES string of the molecule is CCCCC/C=C\C/C=C\CCCCCCCC(=O)[C@@H]1CC(C)=C(/C=C/C(C)=C/C=C/C(C)=C/C=C/C=C(C)/C=C/C=C(C)/C=C/[C@H]2C(C)=C[C@H](OC(=O)CCCCCCCCCCCCCCC)CC2(C)C)C(C)(C)C1. The summed E-state index contributed by atoms with van der Waals surface area (Å²) >= 11 is 0. The van der Waals surface area contributed by atoms with Crippen LogP contribution < -0.4 is 0 Å². The molecule has 2 rings (SSSR count). The summed E-state index contributed by atoms with van der Waals surface area (Å²) in [6.45, 7) is 26.7. The van der Waals surface area contributed by atoms with Crippen LogP contribution >= 0.6 is 0 Å². The van der Waals surface area contributed by atoms with E-state index in [0.717, 1.165) is 57.8 Å². The minimum Gasteiger partial charge on any atom is -0.458 e. The third-order valence-corrected chi connectivity index (χ3v) is 15.9. The van der Waals surface area contributed by atoms with E-state index >= 15 is 0 Å². The molecule has 430 valence electrons. The van der Waals surface area contributed by atoms with Gasteiger partial charge in [0, 0.05) is 24.7 Å². The summed E-state index contributed by atoms with van der Waals surface area (Å²) in [5.41, 5.74) is 8.78. The molecule has 77 heavy (non-hydrogen) atoms. The molecular formula is C74H116O3. The van der Waals surface area contributed by atoms with Crippen LogP contribution in [0, 0.1) is 22.7 Å². The predicted molar refractivity (Wildman–Crippen MR) is 340 cm³/mol. The van der Waals surface area contributed by atoms with Crippen LogP contribution in [0.25, 0.3) is 0 Å². The summed E-state index contributed by atoms with van der Waals surface area (Å²) in [4.78, 5) is 26.1. The molecule has 3 nitrogen and oxygen atoms in total. The molecule has 0 bridgehead atoms. The van der Waals surface area contributed by atoms with E-state index in [1.807, 2.05) is 0 Å². The highest BCUT2D eigenvalue weighted by Gasteiger charge is 2.37. The molecule has 0 fully saturated rings. The number of ether oxygens (including phenoxy) is 1. The Morgan fingerprint density at radius 2 is 1.00 bits per heavy atom. The zero-order valence-corrected chi connectivity index (χ0v) is 51.9. The Kier molecular flexibility index (Phi) is 37.3. The van der Waals surface area contributed by atoms with Gasteiger partial charge in [0.15, 0.2) is 0 Å². The van der Waals surface area contributed by atoms with Crippen molar-refractivity contribution >= 4 is 11.8 Å². The number of unbranched alkanes of at least 4 members (excludes halogenated alkanes) is 20. The third-order valence-electron chi connectivity index (χ3n) is 15.9. The van der Waals surface area contributed by atoms with Gasteiger partial charge in [-0.2, -0.15) is 0 Å². The molecule has 3 atom stereocenters. The Labute approximate surface area is 476 Å². The first-order valence-corrected chi connectivity index (χ1v) is 31.5. The van der Waals surface area contributed by atoms with Gasteiger partial charge in [-0.1, -0.05) is 294 Å². The number of Topliss-reactive ketones (excluding diaryl/α,β-unsaturated/α-hetero) is 1. The second-order valence-electron chi connectivity index (χ2n) is 24.7. The second kappa shape index (κ2) is 41.8. The molecule has 0 aromatic rings. The van der Waals surface area contributed by atoms with Crippen LogP contribution in [0.15, 0.2) is 154 Å². The largest absolute Gasteiger partial charge is 0.458 e. The molecule has 0 amide bonds. The molecule has 0 saturated carbocycles. The Balaban J connectivity index is 1.74. The van der Waals surface area contributed by atoms with E-state index in [4.69, 9.17) is 4.74 Å². The van der Waals surface area contributed by atoms with Crippen LogP contribution in [0.5, 0.6) is 0 Å². The molecule has 0 spiro atoms. The van der Waals surface area contributed by atoms with Gasteiger partial charge in [0.25, 0.3) is 0 Å². The fraction of sp³-hybridized carbons (Fsp3) is 0.622. The number of hydrogen-bond donors (Lipinski definition) is 0. The predicted octanol–water partition coefficient (Wildman–Crippen LogP) is 23.1. The van der Waals surface area contributed by atoms with Gasteiger partial charge in [-0.15, -0.1) is 0 Å². The van der Waals surface area contributed by atoms with Crippen molar-refractivity contribution in [1.82, 2.24) is 0 Å². The topological polar surface area (TPSA) is 43.4 Å². The summed E-state index contributed by atoms with van der Waals surface area (Å²) in [6.07, 6.45) is 76.0. The Morgan fingerprint density at radius 3 is 1.53 bits per heavy atom. The normalized spacial score (nSPS) is 20.0. The van der Waals surface area contributed by atoms with Crippen molar-refractivity contribution in [3.8, 4) is 0 Å². The molecule has 0 aromatic carbocycles. The molecule has 0 aliphatic heterocycles. The van der Waals surface area contributed by atoms with Crippen molar-refractivity contribution in [3.05, 3.63) is 154 Å². The number of carbonyl (C=O) groups excluding carboxylic acids is 2. The smallest absolute Gasteiger partial charge is 0.306 e. The first-order chi connectivity index (χ1) is 37.0. The standard InChI is InChI=1S/C74H116O3/c1-13-15-17-19-21-23-25-27-28-30-31-33-35-37-39-51-71(75)67-57-65(7)69(73(9,10)59-67)55-53-63(5)49-43-47-61(3)45-41-42-46-62(4)48-44-50-64(6)54-56-70-66(8)58-68(60-74(70,11)12)77-72(76)52-40-38-36-34-32-29-26-24-22-20-18-16-14-2/h21,23,27-28,41-50,53-56,58,67-68,70H,13-20,22,24-26,29-40,51-52,57,59-60H2,1-12H3/b23-21-,28-27-,42-41+,47-43+,48-44+,55-53+,56-54+,61-45+,62-46+,63-49+,64-50+/t67-,68+,70+/m1/s1. The number of carbonyl (C=O) groups is 2. The van der Waals surface area contributed by atoms with Crippen LogP contribution in [0.4, 0.5) is 0 Å². The Hall–Kier alpha value is -4.24. The van der Waals surface area contributed by atoms with Gasteiger partial charge in [0.2, 0.25) is 0 Å². The van der Waals surface area contributed by atoms with Crippen LogP contribution in [0.3, 0.4) is 0 Å². The lowest BCUT2D eigenvalue weighted by molar-refractivity contribution is -0.148. The molecule has 0 aromatic heterocycles. The van der Waals surface area contributed by atoms with Crippen molar-refractivity contribution in [2.24, 2.45) is 22.7 Å². The maximum absolute atomic E-state index is 13.3.